The molecule has 3 rings (SSSR count). The fraction of sp³-hybridized carbons (Fsp3) is 0.412. The molecule has 1 saturated heterocycles. The lowest BCUT2D eigenvalue weighted by Gasteiger charge is -2.33. The molecule has 2 aromatic rings. The first kappa shape index (κ1) is 16.2. The Bertz CT molecular complexity index is 830. The molecule has 1 atom stereocenters. The van der Waals surface area contributed by atoms with Crippen molar-refractivity contribution in [1.82, 2.24) is 14.7 Å². The molecule has 0 bridgehead atoms. The molecular weight excluding hydrogens is 310 g/mol. The topological polar surface area (TPSA) is 81.5 Å². The van der Waals surface area contributed by atoms with Gasteiger partial charge in [0.2, 0.25) is 11.3 Å². The number of rotatable bonds is 3. The molecular formula is C17H19N3O4. The second-order valence-electron chi connectivity index (χ2n) is 5.81. The van der Waals surface area contributed by atoms with Gasteiger partial charge in [-0.3, -0.25) is 14.3 Å². The Morgan fingerprint density at radius 2 is 2.08 bits per heavy atom. The maximum atomic E-state index is 12.7. The second-order valence-corrected chi connectivity index (χ2v) is 5.81. The molecule has 0 N–H and O–H groups in total. The molecule has 1 aliphatic heterocycles. The van der Waals surface area contributed by atoms with E-state index in [0.717, 1.165) is 12.8 Å². The lowest BCUT2D eigenvalue weighted by molar-refractivity contribution is -0.155. The SMILES string of the molecule is COC(=O)C1CCCCN1C(=O)Cn1ncc(=O)c2ccccc21. The van der Waals surface area contributed by atoms with E-state index in [1.807, 2.05) is 0 Å². The van der Waals surface area contributed by atoms with Crippen LogP contribution in [0.4, 0.5) is 0 Å². The number of nitrogens with zero attached hydrogens (tertiary/aromatic N) is 3. The Morgan fingerprint density at radius 3 is 2.88 bits per heavy atom. The van der Waals surface area contributed by atoms with Crippen LogP contribution >= 0.6 is 0 Å². The molecule has 1 unspecified atom stereocenters. The molecule has 24 heavy (non-hydrogen) atoms. The summed E-state index contributed by atoms with van der Waals surface area (Å²) >= 11 is 0. The largest absolute Gasteiger partial charge is 0.467 e. The van der Waals surface area contributed by atoms with Crippen LogP contribution in [-0.2, 0) is 20.9 Å². The van der Waals surface area contributed by atoms with E-state index < -0.39 is 6.04 Å². The standard InChI is InChI=1S/C17H19N3O4/c1-24-17(23)14-8-4-5-9-19(14)16(22)11-20-13-7-3-2-6-12(13)15(21)10-18-20/h2-3,6-7,10,14H,4-5,8-9,11H2,1H3. The Kier molecular flexibility index (Phi) is 4.59. The fourth-order valence-corrected chi connectivity index (χ4v) is 3.12. The van der Waals surface area contributed by atoms with Crippen molar-refractivity contribution in [2.75, 3.05) is 13.7 Å². The van der Waals surface area contributed by atoms with E-state index in [-0.39, 0.29) is 23.9 Å². The predicted molar refractivity (Wildman–Crippen MR) is 87.4 cm³/mol. The van der Waals surface area contributed by atoms with Crippen LogP contribution in [0.15, 0.2) is 35.3 Å². The highest BCUT2D eigenvalue weighted by molar-refractivity contribution is 5.86. The number of aromatic nitrogens is 2. The van der Waals surface area contributed by atoms with Gasteiger partial charge >= 0.3 is 5.97 Å². The van der Waals surface area contributed by atoms with E-state index in [2.05, 4.69) is 5.10 Å². The van der Waals surface area contributed by atoms with E-state index in [1.54, 1.807) is 29.2 Å². The van der Waals surface area contributed by atoms with Crippen molar-refractivity contribution >= 4 is 22.8 Å². The van der Waals surface area contributed by atoms with E-state index in [1.165, 1.54) is 18.0 Å². The van der Waals surface area contributed by atoms with Crippen molar-refractivity contribution < 1.29 is 14.3 Å². The summed E-state index contributed by atoms with van der Waals surface area (Å²) in [4.78, 5) is 38.0. The first-order valence-electron chi connectivity index (χ1n) is 7.94. The number of carbonyl (C=O) groups is 2. The number of esters is 1. The summed E-state index contributed by atoms with van der Waals surface area (Å²) in [6.45, 7) is 0.505. The highest BCUT2D eigenvalue weighted by Crippen LogP contribution is 2.19. The monoisotopic (exact) mass is 329 g/mol. The molecule has 0 aliphatic carbocycles. The lowest BCUT2D eigenvalue weighted by atomic mass is 10.0. The van der Waals surface area contributed by atoms with Crippen molar-refractivity contribution in [2.24, 2.45) is 0 Å². The van der Waals surface area contributed by atoms with Gasteiger partial charge in [0, 0.05) is 11.9 Å². The minimum atomic E-state index is -0.540. The van der Waals surface area contributed by atoms with Crippen molar-refractivity contribution in [3.05, 3.63) is 40.7 Å². The Morgan fingerprint density at radius 1 is 1.29 bits per heavy atom. The third-order valence-corrected chi connectivity index (χ3v) is 4.34. The third-order valence-electron chi connectivity index (χ3n) is 4.34. The van der Waals surface area contributed by atoms with Gasteiger partial charge in [0.15, 0.2) is 0 Å². The van der Waals surface area contributed by atoms with Gasteiger partial charge in [0.05, 0.1) is 18.8 Å². The maximum Gasteiger partial charge on any atom is 0.328 e. The molecule has 0 spiro atoms. The molecule has 1 aliphatic rings. The zero-order valence-electron chi connectivity index (χ0n) is 13.5. The number of amides is 1. The average molecular weight is 329 g/mol. The summed E-state index contributed by atoms with van der Waals surface area (Å²) in [6.07, 6.45) is 3.57. The molecule has 2 heterocycles. The van der Waals surface area contributed by atoms with Crippen LogP contribution in [-0.4, -0.2) is 46.3 Å². The predicted octanol–water partition coefficient (Wildman–Crippen LogP) is 0.951. The van der Waals surface area contributed by atoms with Gasteiger partial charge in [-0.15, -0.1) is 0 Å². The molecule has 0 radical (unpaired) electrons. The number of hydrogen-bond acceptors (Lipinski definition) is 5. The first-order valence-corrected chi connectivity index (χ1v) is 7.94. The van der Waals surface area contributed by atoms with E-state index in [0.29, 0.717) is 23.9 Å². The normalized spacial score (nSPS) is 17.7. The van der Waals surface area contributed by atoms with Crippen molar-refractivity contribution in [3.63, 3.8) is 0 Å². The molecule has 7 heteroatoms. The number of methoxy groups -OCH3 is 1. The molecule has 126 valence electrons. The molecule has 0 saturated carbocycles. The van der Waals surface area contributed by atoms with Crippen LogP contribution in [0.3, 0.4) is 0 Å². The highest BCUT2D eigenvalue weighted by atomic mass is 16.5. The van der Waals surface area contributed by atoms with Crippen LogP contribution in [0.5, 0.6) is 0 Å². The van der Waals surface area contributed by atoms with E-state index in [4.69, 9.17) is 4.74 Å². The van der Waals surface area contributed by atoms with Crippen LogP contribution in [0, 0.1) is 0 Å². The average Bonchev–Trinajstić information content (AvgIpc) is 2.63. The molecule has 1 fully saturated rings. The fourth-order valence-electron chi connectivity index (χ4n) is 3.12. The number of piperidine rings is 1. The number of carbonyl (C=O) groups excluding carboxylic acids is 2. The molecule has 1 amide bonds. The number of para-hydroxylation sites is 1. The smallest absolute Gasteiger partial charge is 0.328 e. The summed E-state index contributed by atoms with van der Waals surface area (Å²) in [6, 6.07) is 6.49. The number of benzene rings is 1. The summed E-state index contributed by atoms with van der Waals surface area (Å²) in [5, 5.41) is 4.59. The van der Waals surface area contributed by atoms with E-state index in [9.17, 15) is 14.4 Å². The second kappa shape index (κ2) is 6.82. The number of likely N-dealkylation sites (tertiary alicyclic amines) is 1. The van der Waals surface area contributed by atoms with Crippen LogP contribution in [0.1, 0.15) is 19.3 Å². The Labute approximate surface area is 138 Å². The maximum absolute atomic E-state index is 12.7. The van der Waals surface area contributed by atoms with Gasteiger partial charge in [0.1, 0.15) is 12.6 Å². The van der Waals surface area contributed by atoms with Gasteiger partial charge < -0.3 is 9.64 Å². The van der Waals surface area contributed by atoms with Crippen LogP contribution in [0.25, 0.3) is 10.9 Å². The summed E-state index contributed by atoms with van der Waals surface area (Å²) in [5.74, 6) is -0.591. The first-order chi connectivity index (χ1) is 11.6. The van der Waals surface area contributed by atoms with Gasteiger partial charge in [0.25, 0.3) is 0 Å². The van der Waals surface area contributed by atoms with Gasteiger partial charge in [-0.05, 0) is 31.4 Å². The molecule has 1 aromatic carbocycles. The zero-order chi connectivity index (χ0) is 17.1. The van der Waals surface area contributed by atoms with Crippen molar-refractivity contribution in [2.45, 2.75) is 31.8 Å². The Hall–Kier alpha value is -2.70. The minimum Gasteiger partial charge on any atom is -0.467 e. The third kappa shape index (κ3) is 3.02. The number of hydrogen-bond donors (Lipinski definition) is 0. The van der Waals surface area contributed by atoms with Crippen LogP contribution < -0.4 is 5.43 Å². The van der Waals surface area contributed by atoms with Gasteiger partial charge in [-0.1, -0.05) is 12.1 Å². The van der Waals surface area contributed by atoms with Gasteiger partial charge in [-0.2, -0.15) is 5.10 Å². The van der Waals surface area contributed by atoms with Crippen molar-refractivity contribution in [3.8, 4) is 0 Å². The minimum absolute atomic E-state index is 0.0196. The lowest BCUT2D eigenvalue weighted by Crippen LogP contribution is -2.49. The molecule has 7 nitrogen and oxygen atoms in total. The number of ether oxygens (including phenoxy) is 1. The zero-order valence-corrected chi connectivity index (χ0v) is 13.5. The summed E-state index contributed by atoms with van der Waals surface area (Å²) in [5.41, 5.74) is 0.421. The van der Waals surface area contributed by atoms with Crippen LogP contribution in [0.2, 0.25) is 0 Å². The van der Waals surface area contributed by atoms with Gasteiger partial charge in [-0.25, -0.2) is 4.79 Å². The quantitative estimate of drug-likeness (QED) is 0.783. The van der Waals surface area contributed by atoms with Crippen molar-refractivity contribution in [1.29, 1.82) is 0 Å². The summed E-state index contributed by atoms with van der Waals surface area (Å²) in [7, 11) is 1.33. The molecule has 1 aromatic heterocycles. The Balaban J connectivity index is 1.88. The summed E-state index contributed by atoms with van der Waals surface area (Å²) < 4.78 is 6.31. The number of fused-ring (bicyclic) bond motifs is 1. The van der Waals surface area contributed by atoms with E-state index >= 15 is 0 Å². The highest BCUT2D eigenvalue weighted by Gasteiger charge is 2.32.